The molecule has 26 heteroatoms. The molecule has 75 heavy (non-hydrogen) atoms. The smallest absolute Gasteiger partial charge is 0.246 e. The molecule has 1 fully saturated rings. The largest absolute Gasteiger partial charge is 0.508 e. The van der Waals surface area contributed by atoms with Crippen LogP contribution in [0.4, 0.5) is 0 Å². The minimum absolute atomic E-state index is 0.0343. The van der Waals surface area contributed by atoms with Crippen LogP contribution < -0.4 is 54.4 Å². The SMILES string of the molecule is CCCN(CCC)C(=O)CC[C@H](NC(=O)[C@@H](NC(=O)[C@H](Cc1ccc(O)cc1)NC(=O)[C@@H](N)CS)[C@@H](C)CC)C(=O)N[C@@H](CC(N)=O)C(=O)N[C@@H](CS)C(=O)N1CCC[C@@H]1C(=O)N[C@@H](CC(C)C)C(=O)NCC(N)=O. The maximum Gasteiger partial charge on any atom is 0.246 e. The molecule has 420 valence electrons. The molecule has 24 nitrogen and oxygen atoms in total. The van der Waals surface area contributed by atoms with E-state index in [1.165, 1.54) is 17.0 Å². The first-order valence-corrected chi connectivity index (χ1v) is 26.7. The van der Waals surface area contributed by atoms with Crippen molar-refractivity contribution in [3.8, 4) is 5.75 Å². The summed E-state index contributed by atoms with van der Waals surface area (Å²) in [6.07, 6.45) is 0.961. The number of amides is 11. The first-order chi connectivity index (χ1) is 35.4. The highest BCUT2D eigenvalue weighted by Gasteiger charge is 2.40. The Bertz CT molecular complexity index is 2130. The first kappa shape index (κ1) is 65.0. The summed E-state index contributed by atoms with van der Waals surface area (Å²) in [5, 5.41) is 27.8. The number of thiol groups is 2. The quantitative estimate of drug-likeness (QED) is 0.0340. The van der Waals surface area contributed by atoms with Gasteiger partial charge in [-0.3, -0.25) is 52.7 Å². The van der Waals surface area contributed by atoms with Crippen molar-refractivity contribution < 1.29 is 57.8 Å². The third-order valence-electron chi connectivity index (χ3n) is 12.4. The highest BCUT2D eigenvalue weighted by atomic mass is 32.1. The van der Waals surface area contributed by atoms with Crippen molar-refractivity contribution in [2.45, 2.75) is 154 Å². The molecule has 1 heterocycles. The van der Waals surface area contributed by atoms with Gasteiger partial charge in [0.05, 0.1) is 19.0 Å². The molecule has 0 saturated carbocycles. The van der Waals surface area contributed by atoms with Crippen LogP contribution in [0.15, 0.2) is 24.3 Å². The van der Waals surface area contributed by atoms with E-state index in [1.54, 1.807) is 30.9 Å². The van der Waals surface area contributed by atoms with Gasteiger partial charge in [-0.1, -0.05) is 60.1 Å². The van der Waals surface area contributed by atoms with E-state index in [4.69, 9.17) is 17.2 Å². The first-order valence-electron chi connectivity index (χ1n) is 25.4. The molecular weight excluding hydrogens is 1010 g/mol. The fourth-order valence-corrected chi connectivity index (χ4v) is 8.58. The van der Waals surface area contributed by atoms with Gasteiger partial charge in [0.15, 0.2) is 0 Å². The number of carbonyl (C=O) groups is 11. The molecule has 2 rings (SSSR count). The number of nitrogens with two attached hydrogens (primary N) is 3. The summed E-state index contributed by atoms with van der Waals surface area (Å²) in [5.41, 5.74) is 17.2. The van der Waals surface area contributed by atoms with E-state index < -0.39 is 126 Å². The maximum atomic E-state index is 14.4. The van der Waals surface area contributed by atoms with E-state index in [2.05, 4.69) is 62.5 Å². The highest BCUT2D eigenvalue weighted by molar-refractivity contribution is 7.80. The molecule has 0 aliphatic carbocycles. The van der Waals surface area contributed by atoms with Crippen LogP contribution in [0.1, 0.15) is 105 Å². The van der Waals surface area contributed by atoms with E-state index >= 15 is 0 Å². The van der Waals surface area contributed by atoms with Gasteiger partial charge in [0, 0.05) is 44.0 Å². The molecule has 1 aliphatic rings. The standard InChI is InChI=1S/C49H80N12O12S2/c1-7-18-60(19-8-2)40(65)17-16-32(54-48(72)41(28(6)9-3)59-46(70)34(55-42(66)31(50)25-74)22-29-12-14-30(62)15-13-29)44(68)56-35(23-38(51)63)45(69)58-36(26-75)49(73)61-20-10-11-37(61)47(71)57-33(21-27(4)5)43(67)53-24-39(52)64/h12-15,27-28,31-37,41,62,74-75H,7-11,16-26,50H2,1-6H3,(H2,51,63)(H2,52,64)(H,53,67)(H,54,72)(H,55,66)(H,56,68)(H,57,71)(H,58,69)(H,59,70)/t28-,31-,32-,33-,34-,35-,36-,37+,41-/m0/s1. The summed E-state index contributed by atoms with van der Waals surface area (Å²) in [5.74, 6) is -9.68. The van der Waals surface area contributed by atoms with Gasteiger partial charge in [-0.15, -0.1) is 0 Å². The van der Waals surface area contributed by atoms with Crippen molar-refractivity contribution in [3.63, 3.8) is 0 Å². The average molecular weight is 1090 g/mol. The molecule has 0 aromatic heterocycles. The summed E-state index contributed by atoms with van der Waals surface area (Å²) in [6, 6.07) is -4.69. The number of rotatable bonds is 33. The lowest BCUT2D eigenvalue weighted by atomic mass is 9.96. The van der Waals surface area contributed by atoms with E-state index in [0.717, 1.165) is 0 Å². The van der Waals surface area contributed by atoms with Gasteiger partial charge in [0.1, 0.15) is 48.0 Å². The summed E-state index contributed by atoms with van der Waals surface area (Å²) in [4.78, 5) is 151. The Labute approximate surface area is 449 Å². The Morgan fingerprint density at radius 3 is 1.83 bits per heavy atom. The fourth-order valence-electron chi connectivity index (χ4n) is 8.16. The van der Waals surface area contributed by atoms with Crippen LogP contribution in [0.5, 0.6) is 5.75 Å². The molecule has 1 saturated heterocycles. The lowest BCUT2D eigenvalue weighted by Gasteiger charge is -2.31. The Morgan fingerprint density at radius 2 is 1.28 bits per heavy atom. The van der Waals surface area contributed by atoms with Crippen LogP contribution in [-0.4, -0.2) is 166 Å². The monoisotopic (exact) mass is 1090 g/mol. The van der Waals surface area contributed by atoms with E-state index in [9.17, 15) is 57.8 Å². The number of likely N-dealkylation sites (tertiary alicyclic amines) is 1. The second-order valence-electron chi connectivity index (χ2n) is 19.1. The number of phenols is 1. The third-order valence-corrected chi connectivity index (χ3v) is 13.2. The number of phenolic OH excluding ortho intramolecular Hbond substituents is 1. The van der Waals surface area contributed by atoms with Crippen LogP contribution in [-0.2, 0) is 59.2 Å². The number of nitrogens with one attached hydrogen (secondary N) is 7. The lowest BCUT2D eigenvalue weighted by molar-refractivity contribution is -0.142. The van der Waals surface area contributed by atoms with E-state index in [1.807, 2.05) is 27.7 Å². The van der Waals surface area contributed by atoms with E-state index in [-0.39, 0.29) is 67.7 Å². The second kappa shape index (κ2) is 33.0. The van der Waals surface area contributed by atoms with Crippen LogP contribution in [0, 0.1) is 11.8 Å². The van der Waals surface area contributed by atoms with Crippen molar-refractivity contribution >= 4 is 90.2 Å². The number of hydrogen-bond acceptors (Lipinski definition) is 15. The van der Waals surface area contributed by atoms with Gasteiger partial charge in [-0.25, -0.2) is 0 Å². The van der Waals surface area contributed by atoms with Gasteiger partial charge >= 0.3 is 0 Å². The van der Waals surface area contributed by atoms with Crippen LogP contribution >= 0.6 is 25.3 Å². The predicted molar refractivity (Wildman–Crippen MR) is 285 cm³/mol. The molecule has 0 unspecified atom stereocenters. The van der Waals surface area contributed by atoms with Gasteiger partial charge in [0.25, 0.3) is 0 Å². The highest BCUT2D eigenvalue weighted by Crippen LogP contribution is 2.21. The van der Waals surface area contributed by atoms with Gasteiger partial charge < -0.3 is 69.3 Å². The molecular formula is C49H80N12O12S2. The Kier molecular flexibility index (Phi) is 28.6. The zero-order valence-electron chi connectivity index (χ0n) is 43.9. The number of aromatic hydroxyl groups is 1. The zero-order chi connectivity index (χ0) is 56.5. The van der Waals surface area contributed by atoms with Crippen LogP contribution in [0.2, 0.25) is 0 Å². The Balaban J connectivity index is 2.47. The molecule has 11 amide bonds. The second-order valence-corrected chi connectivity index (χ2v) is 19.8. The Hall–Kier alpha value is -6.15. The average Bonchev–Trinajstić information content (AvgIpc) is 3.87. The van der Waals surface area contributed by atoms with E-state index in [0.29, 0.717) is 44.3 Å². The minimum atomic E-state index is -1.75. The maximum absolute atomic E-state index is 14.4. The number of hydrogen-bond donors (Lipinski definition) is 13. The van der Waals surface area contributed by atoms with Crippen molar-refractivity contribution in [2.24, 2.45) is 29.0 Å². The van der Waals surface area contributed by atoms with Crippen LogP contribution in [0.25, 0.3) is 0 Å². The topological polar surface area (TPSA) is 377 Å². The summed E-state index contributed by atoms with van der Waals surface area (Å²) in [7, 11) is 0. The van der Waals surface area contributed by atoms with Gasteiger partial charge in [0.2, 0.25) is 65.0 Å². The van der Waals surface area contributed by atoms with Crippen LogP contribution in [0.3, 0.4) is 0 Å². The molecule has 0 bridgehead atoms. The third kappa shape index (κ3) is 21.9. The predicted octanol–water partition coefficient (Wildman–Crippen LogP) is -1.98. The molecule has 14 N–H and O–H groups in total. The van der Waals surface area contributed by atoms with Gasteiger partial charge in [-0.2, -0.15) is 25.3 Å². The molecule has 1 aromatic carbocycles. The number of primary amides is 2. The minimum Gasteiger partial charge on any atom is -0.508 e. The lowest BCUT2D eigenvalue weighted by Crippen LogP contribution is -2.61. The Morgan fingerprint density at radius 1 is 0.707 bits per heavy atom. The van der Waals surface area contributed by atoms with Crippen molar-refractivity contribution in [3.05, 3.63) is 29.8 Å². The summed E-state index contributed by atoms with van der Waals surface area (Å²) < 4.78 is 0. The summed E-state index contributed by atoms with van der Waals surface area (Å²) in [6.45, 7) is 11.3. The normalized spacial score (nSPS) is 16.3. The molecule has 0 spiro atoms. The summed E-state index contributed by atoms with van der Waals surface area (Å²) >= 11 is 8.37. The van der Waals surface area contributed by atoms with Crippen molar-refractivity contribution in [2.75, 3.05) is 37.7 Å². The fraction of sp³-hybridized carbons (Fsp3) is 0.653. The molecule has 1 aromatic rings. The molecule has 0 radical (unpaired) electrons. The molecule has 9 atom stereocenters. The van der Waals surface area contributed by atoms with Crippen molar-refractivity contribution in [1.29, 1.82) is 0 Å². The number of carbonyl (C=O) groups excluding carboxylic acids is 11. The molecule has 1 aliphatic heterocycles. The van der Waals surface area contributed by atoms with Gasteiger partial charge in [-0.05, 0) is 68.1 Å². The number of benzene rings is 1. The zero-order valence-corrected chi connectivity index (χ0v) is 45.6. The number of nitrogens with zero attached hydrogens (tertiary/aromatic N) is 2. The van der Waals surface area contributed by atoms with Crippen molar-refractivity contribution in [1.82, 2.24) is 47.0 Å².